The van der Waals surface area contributed by atoms with Crippen molar-refractivity contribution < 1.29 is 0 Å². The van der Waals surface area contributed by atoms with Crippen LogP contribution in [-0.4, -0.2) is 28.2 Å². The van der Waals surface area contributed by atoms with Crippen molar-refractivity contribution in [1.29, 1.82) is 0 Å². The van der Waals surface area contributed by atoms with Crippen LogP contribution in [0.15, 0.2) is 243 Å². The van der Waals surface area contributed by atoms with Gasteiger partial charge in [0.05, 0.1) is 82.8 Å². The molecule has 0 saturated carbocycles. The molecule has 0 N–H and O–H groups in total. The minimum atomic E-state index is 0.839. The average molecular weight is 949 g/mol. The van der Waals surface area contributed by atoms with E-state index in [1.807, 2.05) is 12.3 Å². The van der Waals surface area contributed by atoms with Crippen LogP contribution >= 0.6 is 11.3 Å². The molecule has 0 aliphatic rings. The molecule has 0 amide bonds. The third kappa shape index (κ3) is 5.62. The number of hydrogen-bond acceptors (Lipinski definition) is 3. The highest BCUT2D eigenvalue weighted by Crippen LogP contribution is 2.55. The third-order valence-corrected chi connectivity index (χ3v) is 16.1. The van der Waals surface area contributed by atoms with Gasteiger partial charge in [-0.1, -0.05) is 164 Å². The second-order valence-electron chi connectivity index (χ2n) is 18.8. The summed E-state index contributed by atoms with van der Waals surface area (Å²) in [4.78, 5) is 11.2. The van der Waals surface area contributed by atoms with Crippen molar-refractivity contribution in [3.05, 3.63) is 243 Å². The Bertz CT molecular complexity index is 4680. The summed E-state index contributed by atoms with van der Waals surface area (Å²) in [5.41, 5.74) is 16.6. The topological polar surface area (TPSA) is 45.5 Å². The first kappa shape index (κ1) is 40.2. The second-order valence-corrected chi connectivity index (χ2v) is 19.9. The highest BCUT2D eigenvalue weighted by atomic mass is 32.1. The van der Waals surface area contributed by atoms with Gasteiger partial charge in [-0.2, -0.15) is 0 Å². The molecule has 16 rings (SSSR count). The fourth-order valence-electron chi connectivity index (χ4n) is 12.2. The molecule has 0 fully saturated rings. The molecule has 0 aliphatic heterocycles. The first-order valence-corrected chi connectivity index (χ1v) is 25.6. The van der Waals surface area contributed by atoms with Gasteiger partial charge in [0, 0.05) is 60.4 Å². The molecular weight excluding hydrogens is 909 g/mol. The highest BCUT2D eigenvalue weighted by molar-refractivity contribution is 7.21. The van der Waals surface area contributed by atoms with Crippen LogP contribution in [0.25, 0.3) is 142 Å². The first-order chi connectivity index (χ1) is 36.3. The number of benzene rings is 10. The maximum absolute atomic E-state index is 5.74. The van der Waals surface area contributed by atoms with Gasteiger partial charge in [-0.05, 0) is 72.8 Å². The smallest absolute Gasteiger partial charge is 0.127 e. The van der Waals surface area contributed by atoms with E-state index >= 15 is 0 Å². The molecule has 0 unspecified atom stereocenters. The minimum Gasteiger partial charge on any atom is -0.306 e. The van der Waals surface area contributed by atoms with Gasteiger partial charge in [0.2, 0.25) is 0 Å². The van der Waals surface area contributed by atoms with Gasteiger partial charge < -0.3 is 18.3 Å². The van der Waals surface area contributed by atoms with Gasteiger partial charge in [0.1, 0.15) is 5.01 Å². The number of rotatable bonds is 6. The number of aromatic nitrogens is 6. The summed E-state index contributed by atoms with van der Waals surface area (Å²) >= 11 is 1.74. The second kappa shape index (κ2) is 15.5. The minimum absolute atomic E-state index is 0.839. The van der Waals surface area contributed by atoms with Crippen molar-refractivity contribution in [1.82, 2.24) is 28.2 Å². The van der Waals surface area contributed by atoms with Crippen LogP contribution < -0.4 is 0 Å². The van der Waals surface area contributed by atoms with E-state index < -0.39 is 0 Å². The number of fused-ring (bicyclic) bond motifs is 13. The molecule has 6 aromatic heterocycles. The Morgan fingerprint density at radius 3 is 0.918 bits per heavy atom. The Morgan fingerprint density at radius 1 is 0.274 bits per heavy atom. The number of thiazole rings is 1. The van der Waals surface area contributed by atoms with E-state index in [0.717, 1.165) is 98.9 Å². The lowest BCUT2D eigenvalue weighted by molar-refractivity contribution is 1.02. The van der Waals surface area contributed by atoms with E-state index in [1.54, 1.807) is 11.3 Å². The van der Waals surface area contributed by atoms with Gasteiger partial charge in [-0.3, -0.25) is 4.98 Å². The van der Waals surface area contributed by atoms with E-state index in [4.69, 9.17) is 9.97 Å². The summed E-state index contributed by atoms with van der Waals surface area (Å²) in [5, 5.41) is 10.3. The van der Waals surface area contributed by atoms with Crippen LogP contribution in [0.4, 0.5) is 0 Å². The van der Waals surface area contributed by atoms with E-state index in [2.05, 4.69) is 249 Å². The SMILES string of the molecule is c1ccc(-c2c(-c3nc4ccccc4s3)c(-n3c4ccccc4c4ccccc43)c(-n3c4ccccc4c4ccccc43)c(-n3c4ccccc4c4ccccc43)c2-n2c3ccccc3c3ccccc32)nc1. The molecule has 340 valence electrons. The Hall–Kier alpha value is -9.56. The lowest BCUT2D eigenvalue weighted by Gasteiger charge is -2.30. The van der Waals surface area contributed by atoms with Crippen molar-refractivity contribution in [2.75, 3.05) is 0 Å². The zero-order valence-electron chi connectivity index (χ0n) is 39.2. The van der Waals surface area contributed by atoms with Gasteiger partial charge in [0.15, 0.2) is 0 Å². The zero-order valence-corrected chi connectivity index (χ0v) is 40.0. The number of pyridine rings is 1. The van der Waals surface area contributed by atoms with E-state index in [0.29, 0.717) is 0 Å². The summed E-state index contributed by atoms with van der Waals surface area (Å²) in [5.74, 6) is 0. The molecule has 0 aliphatic carbocycles. The van der Waals surface area contributed by atoms with Crippen LogP contribution in [0.3, 0.4) is 0 Å². The van der Waals surface area contributed by atoms with Gasteiger partial charge in [0.25, 0.3) is 0 Å². The fraction of sp³-hybridized carbons (Fsp3) is 0. The van der Waals surface area contributed by atoms with Gasteiger partial charge in [-0.25, -0.2) is 4.98 Å². The predicted molar refractivity (Wildman–Crippen MR) is 306 cm³/mol. The first-order valence-electron chi connectivity index (χ1n) is 24.8. The van der Waals surface area contributed by atoms with Crippen LogP contribution in [-0.2, 0) is 0 Å². The van der Waals surface area contributed by atoms with Crippen LogP contribution in [0.5, 0.6) is 0 Å². The van der Waals surface area contributed by atoms with E-state index in [1.165, 1.54) is 43.1 Å². The third-order valence-electron chi connectivity index (χ3n) is 15.0. The number of hydrogen-bond donors (Lipinski definition) is 0. The number of para-hydroxylation sites is 9. The van der Waals surface area contributed by atoms with Crippen LogP contribution in [0, 0.1) is 0 Å². The van der Waals surface area contributed by atoms with Gasteiger partial charge in [-0.15, -0.1) is 11.3 Å². The highest BCUT2D eigenvalue weighted by Gasteiger charge is 2.36. The Balaban J connectivity index is 1.31. The van der Waals surface area contributed by atoms with Crippen molar-refractivity contribution in [3.63, 3.8) is 0 Å². The summed E-state index contributed by atoms with van der Waals surface area (Å²) in [6, 6.07) is 86.1. The molecule has 0 saturated heterocycles. The van der Waals surface area contributed by atoms with E-state index in [9.17, 15) is 0 Å². The summed E-state index contributed by atoms with van der Waals surface area (Å²) in [7, 11) is 0. The normalized spacial score (nSPS) is 12.1. The largest absolute Gasteiger partial charge is 0.306 e. The van der Waals surface area contributed by atoms with Crippen molar-refractivity contribution in [3.8, 4) is 44.6 Å². The molecule has 0 radical (unpaired) electrons. The molecule has 10 aromatic carbocycles. The fourth-order valence-corrected chi connectivity index (χ4v) is 13.2. The molecule has 0 spiro atoms. The Morgan fingerprint density at radius 2 is 0.575 bits per heavy atom. The van der Waals surface area contributed by atoms with Crippen molar-refractivity contribution in [2.24, 2.45) is 0 Å². The monoisotopic (exact) mass is 948 g/mol. The van der Waals surface area contributed by atoms with E-state index in [-0.39, 0.29) is 0 Å². The molecule has 6 heterocycles. The predicted octanol–water partition coefficient (Wildman–Crippen LogP) is 17.4. The molecule has 73 heavy (non-hydrogen) atoms. The summed E-state index contributed by atoms with van der Waals surface area (Å²) < 4.78 is 11.3. The maximum atomic E-state index is 5.74. The average Bonchev–Trinajstić information content (AvgIpc) is 4.29. The zero-order chi connectivity index (χ0) is 47.7. The summed E-state index contributed by atoms with van der Waals surface area (Å²) in [6.07, 6.45) is 1.94. The Labute approximate surface area is 422 Å². The standard InChI is InChI=1S/C66H40N6S/c1-10-31-51-41(21-1)42-22-2-11-32-52(42)69(51)62-60(50-30-19-20-40-67-50)61(66-68-49-29-9-18-39-59(49)73-66)63(70-53-33-12-3-23-43(53)44-24-4-13-34-54(44)70)65(72-57-37-16-7-27-47(57)48-28-8-17-38-58(48)72)64(62)71-55-35-14-5-25-45(55)46-26-6-15-36-56(46)71/h1-40H. The molecule has 7 heteroatoms. The maximum Gasteiger partial charge on any atom is 0.127 e. The number of nitrogens with zero attached hydrogens (tertiary/aromatic N) is 6. The van der Waals surface area contributed by atoms with Crippen LogP contribution in [0.1, 0.15) is 0 Å². The quantitative estimate of drug-likeness (QED) is 0.167. The molecule has 6 nitrogen and oxygen atoms in total. The molecule has 0 atom stereocenters. The lowest BCUT2D eigenvalue weighted by atomic mass is 9.94. The van der Waals surface area contributed by atoms with Crippen molar-refractivity contribution >= 4 is 109 Å². The summed E-state index contributed by atoms with van der Waals surface area (Å²) in [6.45, 7) is 0. The molecule has 16 aromatic rings. The lowest BCUT2D eigenvalue weighted by Crippen LogP contribution is -2.16. The molecule has 0 bridgehead atoms. The Kier molecular flexibility index (Phi) is 8.52. The van der Waals surface area contributed by atoms with Crippen molar-refractivity contribution in [2.45, 2.75) is 0 Å². The molecular formula is C66H40N6S. The van der Waals surface area contributed by atoms with Gasteiger partial charge >= 0.3 is 0 Å². The van der Waals surface area contributed by atoms with Crippen LogP contribution in [0.2, 0.25) is 0 Å².